The van der Waals surface area contributed by atoms with Crippen LogP contribution < -0.4 is 9.64 Å². The van der Waals surface area contributed by atoms with Gasteiger partial charge >= 0.3 is 0 Å². The van der Waals surface area contributed by atoms with Gasteiger partial charge in [0.05, 0.1) is 17.9 Å². The molecule has 2 atom stereocenters. The maximum absolute atomic E-state index is 8.56. The fourth-order valence-corrected chi connectivity index (χ4v) is 2.85. The van der Waals surface area contributed by atoms with Crippen LogP contribution >= 0.6 is 0 Å². The van der Waals surface area contributed by atoms with Crippen LogP contribution in [-0.4, -0.2) is 27.4 Å². The quantitative estimate of drug-likeness (QED) is 0.360. The Morgan fingerprint density at radius 2 is 1.64 bits per heavy atom. The Bertz CT molecular complexity index is 821. The van der Waals surface area contributed by atoms with Crippen LogP contribution in [0.15, 0.2) is 66.9 Å². The van der Waals surface area contributed by atoms with Crippen molar-refractivity contribution in [2.45, 2.75) is 32.5 Å². The molecule has 2 heterocycles. The van der Waals surface area contributed by atoms with E-state index in [4.69, 9.17) is 14.9 Å². The Kier molecular flexibility index (Phi) is 8.18. The minimum absolute atomic E-state index is 0. The molecule has 6 heteroatoms. The number of aliphatic hydroxyl groups is 2. The maximum atomic E-state index is 8.56. The summed E-state index contributed by atoms with van der Waals surface area (Å²) < 4.78 is 5.93. The predicted octanol–water partition coefficient (Wildman–Crippen LogP) is 4.59. The molecule has 1 aliphatic heterocycles. The Morgan fingerprint density at radius 1 is 0.964 bits per heavy atom. The van der Waals surface area contributed by atoms with Gasteiger partial charge in [-0.25, -0.2) is 4.98 Å². The largest absolute Gasteiger partial charge is 0.513 e. The molecule has 0 bridgehead atoms. The second kappa shape index (κ2) is 10.4. The predicted molar refractivity (Wildman–Crippen MR) is 106 cm³/mol. The molecule has 150 valence electrons. The number of nitrogens with zero attached hydrogens (tertiary/aromatic N) is 2. The van der Waals surface area contributed by atoms with Gasteiger partial charge in [0.25, 0.3) is 0 Å². The number of benzene rings is 2. The second-order valence-corrected chi connectivity index (χ2v) is 6.41. The van der Waals surface area contributed by atoms with Crippen LogP contribution in [0.5, 0.6) is 11.5 Å². The average Bonchev–Trinajstić information content (AvgIpc) is 2.66. The number of fused-ring (bicyclic) bond motifs is 2. The van der Waals surface area contributed by atoms with Gasteiger partial charge in [0, 0.05) is 33.0 Å². The zero-order chi connectivity index (χ0) is 19.2. The number of hydrogen-bond donors (Lipinski definition) is 2. The number of rotatable bonds is 3. The molecule has 0 amide bonds. The van der Waals surface area contributed by atoms with Crippen LogP contribution in [0.1, 0.15) is 20.3 Å². The summed E-state index contributed by atoms with van der Waals surface area (Å²) in [4.78, 5) is 6.51. The number of hydrogen-bond acceptors (Lipinski definition) is 5. The first-order chi connectivity index (χ1) is 13.1. The topological polar surface area (TPSA) is 65.8 Å². The van der Waals surface area contributed by atoms with Gasteiger partial charge in [0.15, 0.2) is 0 Å². The monoisotopic (exact) mass is 558 g/mol. The molecule has 5 nitrogen and oxygen atoms in total. The number of pyridine rings is 1. The molecule has 1 aliphatic rings. The van der Waals surface area contributed by atoms with Crippen LogP contribution in [0.25, 0.3) is 0 Å². The molecule has 1 aromatic heterocycles. The van der Waals surface area contributed by atoms with E-state index in [-0.39, 0.29) is 33.3 Å². The normalized spacial score (nSPS) is 13.5. The molecule has 0 saturated carbocycles. The minimum atomic E-state index is -0.375. The standard InChI is InChI=1S/C17H11N2O.C5H12O2.Pt/c1-3-9-15-13(7-1)19(17-11-5-6-12-18-17)14-8-2-4-10-16(14)20-15;1-4(6)3-5(2)7;/h1-7,9-12H;4-7H,3H2,1-2H3;/q-1;;. The van der Waals surface area contributed by atoms with Gasteiger partial charge in [-0.2, -0.15) is 18.2 Å². The third-order valence-corrected chi connectivity index (χ3v) is 3.91. The fraction of sp³-hybridized carbons (Fsp3) is 0.227. The summed E-state index contributed by atoms with van der Waals surface area (Å²) in [6.45, 7) is 3.32. The summed E-state index contributed by atoms with van der Waals surface area (Å²) in [5.41, 5.74) is 1.85. The van der Waals surface area contributed by atoms with E-state index in [9.17, 15) is 0 Å². The van der Waals surface area contributed by atoms with Crippen LogP contribution in [0, 0.1) is 6.07 Å². The van der Waals surface area contributed by atoms with Crippen molar-refractivity contribution in [3.8, 4) is 11.5 Å². The summed E-state index contributed by atoms with van der Waals surface area (Å²) in [6.07, 6.45) is 1.51. The first-order valence-corrected chi connectivity index (χ1v) is 8.91. The maximum Gasteiger partial charge on any atom is 0.135 e. The number of aliphatic hydroxyl groups excluding tert-OH is 2. The zero-order valence-corrected chi connectivity index (χ0v) is 18.0. The number of anilines is 3. The first-order valence-electron chi connectivity index (χ1n) is 8.91. The zero-order valence-electron chi connectivity index (χ0n) is 15.7. The molecule has 0 radical (unpaired) electrons. The fourth-order valence-electron chi connectivity index (χ4n) is 2.85. The van der Waals surface area contributed by atoms with Crippen molar-refractivity contribution in [3.63, 3.8) is 0 Å². The van der Waals surface area contributed by atoms with Crippen molar-refractivity contribution in [2.75, 3.05) is 4.90 Å². The van der Waals surface area contributed by atoms with E-state index in [0.29, 0.717) is 6.42 Å². The van der Waals surface area contributed by atoms with E-state index in [1.54, 1.807) is 20.0 Å². The number of aromatic nitrogens is 1. The Hall–Kier alpha value is -2.20. The summed E-state index contributed by atoms with van der Waals surface area (Å²) in [5, 5.41) is 17.1. The summed E-state index contributed by atoms with van der Waals surface area (Å²) in [6, 6.07) is 22.8. The first kappa shape index (κ1) is 22.1. The van der Waals surface area contributed by atoms with Crippen molar-refractivity contribution >= 4 is 17.2 Å². The SMILES string of the molecule is CC(O)CC(C)O.[Pt].[c-]1cccc2c1N(c1ccccn1)c1ccccc1O2. The molecule has 28 heavy (non-hydrogen) atoms. The molecule has 4 rings (SSSR count). The average molecular weight is 559 g/mol. The number of para-hydroxylation sites is 3. The van der Waals surface area contributed by atoms with Crippen LogP contribution in [-0.2, 0) is 21.1 Å². The Morgan fingerprint density at radius 3 is 2.29 bits per heavy atom. The molecule has 0 saturated heterocycles. The van der Waals surface area contributed by atoms with E-state index < -0.39 is 0 Å². The summed E-state index contributed by atoms with van der Waals surface area (Å²) >= 11 is 0. The summed E-state index contributed by atoms with van der Waals surface area (Å²) in [7, 11) is 0. The van der Waals surface area contributed by atoms with Crippen molar-refractivity contribution in [1.29, 1.82) is 0 Å². The van der Waals surface area contributed by atoms with Gasteiger partial charge in [0.1, 0.15) is 11.6 Å². The molecule has 2 unspecified atom stereocenters. The van der Waals surface area contributed by atoms with Crippen LogP contribution in [0.3, 0.4) is 0 Å². The molecule has 0 spiro atoms. The Labute approximate surface area is 179 Å². The third kappa shape index (κ3) is 5.41. The van der Waals surface area contributed by atoms with Crippen molar-refractivity contribution < 1.29 is 36.0 Å². The molecule has 2 aromatic carbocycles. The van der Waals surface area contributed by atoms with Gasteiger partial charge in [-0.1, -0.05) is 18.2 Å². The van der Waals surface area contributed by atoms with Gasteiger partial charge in [0.2, 0.25) is 0 Å². The Balaban J connectivity index is 0.000000306. The number of ether oxygens (including phenoxy) is 1. The van der Waals surface area contributed by atoms with Crippen molar-refractivity contribution in [2.24, 2.45) is 0 Å². The van der Waals surface area contributed by atoms with E-state index in [1.807, 2.05) is 60.7 Å². The van der Waals surface area contributed by atoms with Crippen LogP contribution in [0.4, 0.5) is 17.2 Å². The van der Waals surface area contributed by atoms with Crippen LogP contribution in [0.2, 0.25) is 0 Å². The van der Waals surface area contributed by atoms with Crippen molar-refractivity contribution in [1.82, 2.24) is 4.98 Å². The molecule has 3 aromatic rings. The smallest absolute Gasteiger partial charge is 0.135 e. The third-order valence-electron chi connectivity index (χ3n) is 3.91. The second-order valence-electron chi connectivity index (χ2n) is 6.41. The van der Waals surface area contributed by atoms with E-state index in [1.165, 1.54) is 0 Å². The van der Waals surface area contributed by atoms with Crippen molar-refractivity contribution in [3.05, 3.63) is 72.9 Å². The molecular formula is C22H23N2O3Pt-. The van der Waals surface area contributed by atoms with E-state index >= 15 is 0 Å². The molecular weight excluding hydrogens is 535 g/mol. The van der Waals surface area contributed by atoms with Gasteiger partial charge in [-0.15, -0.1) is 6.07 Å². The minimum Gasteiger partial charge on any atom is -0.513 e. The van der Waals surface area contributed by atoms with E-state index in [2.05, 4.69) is 16.0 Å². The van der Waals surface area contributed by atoms with E-state index in [0.717, 1.165) is 28.7 Å². The molecule has 0 aliphatic carbocycles. The molecule has 0 fully saturated rings. The van der Waals surface area contributed by atoms with Gasteiger partial charge in [-0.3, -0.25) is 0 Å². The molecule has 2 N–H and O–H groups in total. The van der Waals surface area contributed by atoms with Gasteiger partial charge < -0.3 is 19.8 Å². The summed E-state index contributed by atoms with van der Waals surface area (Å²) in [5.74, 6) is 2.47. The van der Waals surface area contributed by atoms with Gasteiger partial charge in [-0.05, 0) is 50.2 Å².